The van der Waals surface area contributed by atoms with Crippen molar-refractivity contribution in [3.8, 4) is 0 Å². The highest BCUT2D eigenvalue weighted by atomic mass is 32.1. The predicted molar refractivity (Wildman–Crippen MR) is 102 cm³/mol. The second-order valence-corrected chi connectivity index (χ2v) is 7.28. The van der Waals surface area contributed by atoms with Crippen LogP contribution in [0.5, 0.6) is 0 Å². The molecule has 0 unspecified atom stereocenters. The summed E-state index contributed by atoms with van der Waals surface area (Å²) < 4.78 is 45.6. The smallest absolute Gasteiger partial charge is 0.378 e. The number of aromatic nitrogens is 1. The summed E-state index contributed by atoms with van der Waals surface area (Å²) in [6, 6.07) is 9.85. The molecule has 0 spiro atoms. The Bertz CT molecular complexity index is 1010. The van der Waals surface area contributed by atoms with E-state index < -0.39 is 23.2 Å². The van der Waals surface area contributed by atoms with Gasteiger partial charge in [-0.1, -0.05) is 23.5 Å². The molecule has 2 heterocycles. The second-order valence-electron chi connectivity index (χ2n) is 6.28. The molecule has 0 bridgehead atoms. The first-order chi connectivity index (χ1) is 13.4. The lowest BCUT2D eigenvalue weighted by atomic mass is 10.1. The third kappa shape index (κ3) is 3.81. The Morgan fingerprint density at radius 3 is 2.64 bits per heavy atom. The summed E-state index contributed by atoms with van der Waals surface area (Å²) in [5, 5.41) is 3.42. The van der Waals surface area contributed by atoms with Gasteiger partial charge in [-0.15, -0.1) is 0 Å². The van der Waals surface area contributed by atoms with Gasteiger partial charge in [0.25, 0.3) is 5.91 Å². The van der Waals surface area contributed by atoms with Gasteiger partial charge in [0.2, 0.25) is 0 Å². The number of alkyl halides is 3. The molecule has 0 aliphatic carbocycles. The molecule has 0 radical (unpaired) electrons. The van der Waals surface area contributed by atoms with Crippen LogP contribution in [-0.2, 0) is 10.9 Å². The largest absolute Gasteiger partial charge is 0.417 e. The molecular formula is C19H16F3N3O2S. The molecule has 0 saturated carbocycles. The zero-order valence-corrected chi connectivity index (χ0v) is 15.4. The summed E-state index contributed by atoms with van der Waals surface area (Å²) in [6.45, 7) is 2.82. The number of nitrogens with one attached hydrogen (secondary N) is 1. The highest BCUT2D eigenvalue weighted by molar-refractivity contribution is 7.22. The molecule has 1 aromatic heterocycles. The predicted octanol–water partition coefficient (Wildman–Crippen LogP) is 4.40. The zero-order valence-electron chi connectivity index (χ0n) is 14.6. The Kier molecular flexibility index (Phi) is 4.94. The van der Waals surface area contributed by atoms with Crippen LogP contribution in [-0.4, -0.2) is 37.2 Å². The molecule has 0 atom stereocenters. The summed E-state index contributed by atoms with van der Waals surface area (Å²) in [5.41, 5.74) is -0.166. The van der Waals surface area contributed by atoms with Crippen LogP contribution in [0.1, 0.15) is 15.9 Å². The van der Waals surface area contributed by atoms with Crippen molar-refractivity contribution in [2.45, 2.75) is 6.18 Å². The number of anilines is 2. The number of morpholine rings is 1. The van der Waals surface area contributed by atoms with E-state index in [0.717, 1.165) is 34.5 Å². The number of hydrogen-bond acceptors (Lipinski definition) is 5. The minimum absolute atomic E-state index is 0.409. The van der Waals surface area contributed by atoms with E-state index in [9.17, 15) is 18.0 Å². The van der Waals surface area contributed by atoms with E-state index in [1.54, 1.807) is 18.2 Å². The van der Waals surface area contributed by atoms with Crippen molar-refractivity contribution in [1.29, 1.82) is 0 Å². The molecule has 146 valence electrons. The number of rotatable bonds is 3. The molecule has 2 aromatic carbocycles. The van der Waals surface area contributed by atoms with Gasteiger partial charge >= 0.3 is 6.18 Å². The van der Waals surface area contributed by atoms with E-state index in [1.807, 2.05) is 0 Å². The standard InChI is InChI=1S/C19H16F3N3O2S/c20-19(21,22)14-4-2-1-3-13(14)17(26)23-12-5-6-15-16(11-12)28-18(24-15)25-7-9-27-10-8-25/h1-6,11H,7-10H2,(H,23,26). The fourth-order valence-corrected chi connectivity index (χ4v) is 4.06. The lowest BCUT2D eigenvalue weighted by molar-refractivity contribution is -0.137. The minimum atomic E-state index is -4.59. The number of fused-ring (bicyclic) bond motifs is 1. The molecule has 1 aliphatic heterocycles. The van der Waals surface area contributed by atoms with Gasteiger partial charge < -0.3 is 15.0 Å². The SMILES string of the molecule is O=C(Nc1ccc2nc(N3CCOCC3)sc2c1)c1ccccc1C(F)(F)F. The molecule has 4 rings (SSSR count). The number of carbonyl (C=O) groups excluding carboxylic acids is 1. The van der Waals surface area contributed by atoms with Crippen LogP contribution in [0.25, 0.3) is 10.2 Å². The molecule has 9 heteroatoms. The average Bonchev–Trinajstić information content (AvgIpc) is 3.11. The average molecular weight is 407 g/mol. The second kappa shape index (κ2) is 7.40. The van der Waals surface area contributed by atoms with Crippen LogP contribution in [0.15, 0.2) is 42.5 Å². The van der Waals surface area contributed by atoms with Gasteiger partial charge in [0, 0.05) is 18.8 Å². The van der Waals surface area contributed by atoms with Gasteiger partial charge in [-0.25, -0.2) is 4.98 Å². The van der Waals surface area contributed by atoms with Crippen molar-refractivity contribution >= 4 is 38.3 Å². The molecular weight excluding hydrogens is 391 g/mol. The topological polar surface area (TPSA) is 54.5 Å². The quantitative estimate of drug-likeness (QED) is 0.699. The maximum absolute atomic E-state index is 13.1. The Hall–Kier alpha value is -2.65. The summed E-state index contributed by atoms with van der Waals surface area (Å²) in [4.78, 5) is 19.1. The van der Waals surface area contributed by atoms with Crippen molar-refractivity contribution in [2.24, 2.45) is 0 Å². The van der Waals surface area contributed by atoms with E-state index in [1.165, 1.54) is 29.5 Å². The van der Waals surface area contributed by atoms with Crippen LogP contribution in [0.3, 0.4) is 0 Å². The number of nitrogens with zero attached hydrogens (tertiary/aromatic N) is 2. The number of hydrogen-bond donors (Lipinski definition) is 1. The van der Waals surface area contributed by atoms with E-state index in [4.69, 9.17) is 4.74 Å². The van der Waals surface area contributed by atoms with Crippen molar-refractivity contribution < 1.29 is 22.7 Å². The Morgan fingerprint density at radius 2 is 1.89 bits per heavy atom. The van der Waals surface area contributed by atoms with Crippen LogP contribution in [0, 0.1) is 0 Å². The molecule has 1 saturated heterocycles. The third-order valence-electron chi connectivity index (χ3n) is 4.39. The fourth-order valence-electron chi connectivity index (χ4n) is 3.01. The summed E-state index contributed by atoms with van der Waals surface area (Å²) >= 11 is 1.48. The highest BCUT2D eigenvalue weighted by Gasteiger charge is 2.34. The number of carbonyl (C=O) groups is 1. The van der Waals surface area contributed by atoms with Gasteiger partial charge in [-0.05, 0) is 30.3 Å². The molecule has 28 heavy (non-hydrogen) atoms. The first kappa shape index (κ1) is 18.7. The van der Waals surface area contributed by atoms with E-state index in [-0.39, 0.29) is 0 Å². The van der Waals surface area contributed by atoms with Crippen molar-refractivity contribution in [1.82, 2.24) is 4.98 Å². The summed E-state index contributed by atoms with van der Waals surface area (Å²) in [7, 11) is 0. The monoisotopic (exact) mass is 407 g/mol. The molecule has 1 fully saturated rings. The van der Waals surface area contributed by atoms with Crippen LogP contribution < -0.4 is 10.2 Å². The van der Waals surface area contributed by atoms with Gasteiger partial charge in [0.05, 0.1) is 34.6 Å². The van der Waals surface area contributed by atoms with Crippen LogP contribution in [0.4, 0.5) is 24.0 Å². The lowest BCUT2D eigenvalue weighted by Gasteiger charge is -2.25. The molecule has 1 amide bonds. The Balaban J connectivity index is 1.57. The van der Waals surface area contributed by atoms with Crippen LogP contribution in [0.2, 0.25) is 0 Å². The maximum Gasteiger partial charge on any atom is 0.417 e. The Labute approximate surface area is 162 Å². The number of benzene rings is 2. The molecule has 1 aliphatic rings. The first-order valence-electron chi connectivity index (χ1n) is 8.63. The lowest BCUT2D eigenvalue weighted by Crippen LogP contribution is -2.36. The number of halogens is 3. The van der Waals surface area contributed by atoms with Gasteiger partial charge in [-0.3, -0.25) is 4.79 Å². The van der Waals surface area contributed by atoms with E-state index in [2.05, 4.69) is 15.2 Å². The van der Waals surface area contributed by atoms with Gasteiger partial charge in [-0.2, -0.15) is 13.2 Å². The van der Waals surface area contributed by atoms with Gasteiger partial charge in [0.15, 0.2) is 5.13 Å². The first-order valence-corrected chi connectivity index (χ1v) is 9.44. The number of amides is 1. The number of ether oxygens (including phenoxy) is 1. The minimum Gasteiger partial charge on any atom is -0.378 e. The molecule has 5 nitrogen and oxygen atoms in total. The Morgan fingerprint density at radius 1 is 1.14 bits per heavy atom. The van der Waals surface area contributed by atoms with Crippen LogP contribution >= 0.6 is 11.3 Å². The maximum atomic E-state index is 13.1. The zero-order chi connectivity index (χ0) is 19.7. The summed E-state index contributed by atoms with van der Waals surface area (Å²) in [6.07, 6.45) is -4.59. The summed E-state index contributed by atoms with van der Waals surface area (Å²) in [5.74, 6) is -0.801. The normalized spacial score (nSPS) is 15.0. The third-order valence-corrected chi connectivity index (χ3v) is 5.47. The molecule has 3 aromatic rings. The van der Waals surface area contributed by atoms with E-state index >= 15 is 0 Å². The fraction of sp³-hybridized carbons (Fsp3) is 0.263. The molecule has 1 N–H and O–H groups in total. The number of thiazole rings is 1. The van der Waals surface area contributed by atoms with Crippen molar-refractivity contribution in [3.63, 3.8) is 0 Å². The van der Waals surface area contributed by atoms with E-state index in [0.29, 0.717) is 18.9 Å². The van der Waals surface area contributed by atoms with Gasteiger partial charge in [0.1, 0.15) is 0 Å². The van der Waals surface area contributed by atoms with Crippen molar-refractivity contribution in [3.05, 3.63) is 53.6 Å². The van der Waals surface area contributed by atoms with Crippen molar-refractivity contribution in [2.75, 3.05) is 36.5 Å². The highest BCUT2D eigenvalue weighted by Crippen LogP contribution is 2.33.